The molecule has 0 N–H and O–H groups in total. The van der Waals surface area contributed by atoms with Gasteiger partial charge in [0.25, 0.3) is 11.6 Å². The van der Waals surface area contributed by atoms with Gasteiger partial charge in [0.2, 0.25) is 6.79 Å². The van der Waals surface area contributed by atoms with Crippen LogP contribution in [-0.2, 0) is 4.79 Å². The molecule has 1 amide bonds. The predicted molar refractivity (Wildman–Crippen MR) is 102 cm³/mol. The van der Waals surface area contributed by atoms with E-state index in [0.29, 0.717) is 22.9 Å². The molecule has 2 aliphatic heterocycles. The molecular weight excluding hydrogens is 418 g/mol. The van der Waals surface area contributed by atoms with Crippen molar-refractivity contribution in [1.29, 1.82) is 0 Å². The molecule has 0 saturated carbocycles. The monoisotopic (exact) mass is 429 g/mol. The van der Waals surface area contributed by atoms with Gasteiger partial charge < -0.3 is 9.47 Å². The Morgan fingerprint density at radius 2 is 2.00 bits per heavy atom. The fourth-order valence-corrected chi connectivity index (χ4v) is 3.23. The van der Waals surface area contributed by atoms with Gasteiger partial charge in [0.15, 0.2) is 11.5 Å². The molecule has 0 atom stereocenters. The summed E-state index contributed by atoms with van der Waals surface area (Å²) in [7, 11) is 0. The van der Waals surface area contributed by atoms with Crippen LogP contribution in [0.3, 0.4) is 0 Å². The molecule has 136 valence electrons. The van der Waals surface area contributed by atoms with Crippen LogP contribution in [0.5, 0.6) is 11.5 Å². The molecular formula is C18H12BrN3O5. The van der Waals surface area contributed by atoms with Gasteiger partial charge in [-0.1, -0.05) is 22.0 Å². The Balaban J connectivity index is 1.76. The molecule has 8 nitrogen and oxygen atoms in total. The number of nitro groups is 1. The van der Waals surface area contributed by atoms with Crippen molar-refractivity contribution in [3.8, 4) is 11.5 Å². The predicted octanol–water partition coefficient (Wildman–Crippen LogP) is 3.89. The number of fused-ring (bicyclic) bond motifs is 1. The van der Waals surface area contributed by atoms with E-state index in [1.54, 1.807) is 25.1 Å². The van der Waals surface area contributed by atoms with E-state index in [9.17, 15) is 14.9 Å². The average molecular weight is 430 g/mol. The topological polar surface area (TPSA) is 94.3 Å². The highest BCUT2D eigenvalue weighted by Crippen LogP contribution is 2.39. The summed E-state index contributed by atoms with van der Waals surface area (Å²) in [5.74, 6) is 0.344. The van der Waals surface area contributed by atoms with Crippen molar-refractivity contribution in [2.75, 3.05) is 11.8 Å². The summed E-state index contributed by atoms with van der Waals surface area (Å²) in [4.78, 5) is 23.8. The normalized spacial score (nSPS) is 16.8. The first-order valence-electron chi connectivity index (χ1n) is 7.89. The maximum absolute atomic E-state index is 12.8. The van der Waals surface area contributed by atoms with Crippen LogP contribution in [0.2, 0.25) is 0 Å². The molecule has 0 spiro atoms. The van der Waals surface area contributed by atoms with Crippen LogP contribution in [0, 0.1) is 10.1 Å². The summed E-state index contributed by atoms with van der Waals surface area (Å²) >= 11 is 3.37. The maximum atomic E-state index is 12.8. The number of amides is 1. The van der Waals surface area contributed by atoms with E-state index >= 15 is 0 Å². The highest BCUT2D eigenvalue weighted by molar-refractivity contribution is 9.10. The van der Waals surface area contributed by atoms with Crippen LogP contribution in [0.4, 0.5) is 11.4 Å². The first-order valence-corrected chi connectivity index (χ1v) is 8.68. The molecule has 2 aromatic rings. The number of hydrogen-bond acceptors (Lipinski definition) is 6. The van der Waals surface area contributed by atoms with Crippen molar-refractivity contribution in [1.82, 2.24) is 0 Å². The van der Waals surface area contributed by atoms with Crippen LogP contribution in [0.25, 0.3) is 6.08 Å². The number of nitrogens with zero attached hydrogens (tertiary/aromatic N) is 3. The summed E-state index contributed by atoms with van der Waals surface area (Å²) in [5, 5.41) is 17.0. The van der Waals surface area contributed by atoms with Gasteiger partial charge >= 0.3 is 0 Å². The number of benzene rings is 2. The van der Waals surface area contributed by atoms with Crippen LogP contribution >= 0.6 is 15.9 Å². The van der Waals surface area contributed by atoms with Crippen molar-refractivity contribution >= 4 is 45.0 Å². The lowest BCUT2D eigenvalue weighted by Gasteiger charge is -2.11. The molecule has 0 fully saturated rings. The molecule has 0 bridgehead atoms. The van der Waals surface area contributed by atoms with Crippen LogP contribution in [0.15, 0.2) is 51.5 Å². The van der Waals surface area contributed by atoms with Crippen molar-refractivity contribution in [2.45, 2.75) is 6.92 Å². The van der Waals surface area contributed by atoms with Crippen molar-refractivity contribution in [3.05, 3.63) is 62.1 Å². The summed E-state index contributed by atoms with van der Waals surface area (Å²) in [6, 6.07) is 9.95. The van der Waals surface area contributed by atoms with Gasteiger partial charge in [0.1, 0.15) is 0 Å². The second-order valence-corrected chi connectivity index (χ2v) is 6.78. The largest absolute Gasteiger partial charge is 0.454 e. The Hall–Kier alpha value is -3.20. The van der Waals surface area contributed by atoms with Gasteiger partial charge in [-0.3, -0.25) is 14.9 Å². The number of ether oxygens (including phenoxy) is 2. The fourth-order valence-electron chi connectivity index (χ4n) is 2.84. The summed E-state index contributed by atoms with van der Waals surface area (Å²) in [5.41, 5.74) is 1.41. The fraction of sp³-hybridized carbons (Fsp3) is 0.111. The number of hydrogen-bond donors (Lipinski definition) is 0. The molecule has 0 saturated heterocycles. The molecule has 4 rings (SSSR count). The SMILES string of the molecule is CC1=NN(c2cccc(Br)c2)C(=O)/C1=C\c1cc2c(cc1[N+](=O)[O-])OCO2. The number of nitro benzene ring substituents is 1. The number of carbonyl (C=O) groups excluding carboxylic acids is 1. The van der Waals surface area contributed by atoms with E-state index in [0.717, 1.165) is 4.47 Å². The molecule has 2 heterocycles. The zero-order chi connectivity index (χ0) is 19.1. The Morgan fingerprint density at radius 3 is 2.70 bits per heavy atom. The van der Waals surface area contributed by atoms with Crippen molar-refractivity contribution < 1.29 is 19.2 Å². The molecule has 9 heteroatoms. The quantitative estimate of drug-likeness (QED) is 0.418. The summed E-state index contributed by atoms with van der Waals surface area (Å²) in [6.07, 6.45) is 1.46. The lowest BCUT2D eigenvalue weighted by molar-refractivity contribution is -0.385. The van der Waals surface area contributed by atoms with Gasteiger partial charge in [-0.2, -0.15) is 10.1 Å². The van der Waals surface area contributed by atoms with Gasteiger partial charge in [0, 0.05) is 4.47 Å². The number of anilines is 1. The molecule has 2 aliphatic rings. The second-order valence-electron chi connectivity index (χ2n) is 5.86. The lowest BCUT2D eigenvalue weighted by atomic mass is 10.0. The lowest BCUT2D eigenvalue weighted by Crippen LogP contribution is -2.21. The first-order chi connectivity index (χ1) is 12.9. The maximum Gasteiger partial charge on any atom is 0.280 e. The molecule has 2 aromatic carbocycles. The molecule has 0 aliphatic carbocycles. The highest BCUT2D eigenvalue weighted by Gasteiger charge is 2.30. The summed E-state index contributed by atoms with van der Waals surface area (Å²) in [6.45, 7) is 1.68. The van der Waals surface area contributed by atoms with Gasteiger partial charge in [-0.05, 0) is 37.3 Å². The minimum atomic E-state index is -0.521. The number of carbonyl (C=O) groups is 1. The van der Waals surface area contributed by atoms with E-state index in [2.05, 4.69) is 21.0 Å². The molecule has 0 unspecified atom stereocenters. The Labute approximate surface area is 162 Å². The van der Waals surface area contributed by atoms with E-state index < -0.39 is 4.92 Å². The van der Waals surface area contributed by atoms with Gasteiger partial charge in [0.05, 0.1) is 33.5 Å². The van der Waals surface area contributed by atoms with Crippen LogP contribution < -0.4 is 14.5 Å². The van der Waals surface area contributed by atoms with Crippen LogP contribution in [-0.4, -0.2) is 23.3 Å². The third kappa shape index (κ3) is 3.06. The Bertz CT molecular complexity index is 1050. The van der Waals surface area contributed by atoms with Gasteiger partial charge in [-0.25, -0.2) is 0 Å². The Kier molecular flexibility index (Phi) is 4.15. The van der Waals surface area contributed by atoms with Gasteiger partial charge in [-0.15, -0.1) is 0 Å². The van der Waals surface area contributed by atoms with Crippen molar-refractivity contribution in [3.63, 3.8) is 0 Å². The minimum absolute atomic E-state index is 0.00257. The second kappa shape index (κ2) is 6.51. The summed E-state index contributed by atoms with van der Waals surface area (Å²) < 4.78 is 11.3. The molecule has 0 aromatic heterocycles. The molecule has 0 radical (unpaired) electrons. The van der Waals surface area contributed by atoms with E-state index in [4.69, 9.17) is 9.47 Å². The molecule has 27 heavy (non-hydrogen) atoms. The average Bonchev–Trinajstić information content (AvgIpc) is 3.20. The highest BCUT2D eigenvalue weighted by atomic mass is 79.9. The number of halogens is 1. The third-order valence-corrected chi connectivity index (χ3v) is 4.63. The zero-order valence-electron chi connectivity index (χ0n) is 14.0. The Morgan fingerprint density at radius 1 is 1.26 bits per heavy atom. The van der Waals surface area contributed by atoms with Crippen molar-refractivity contribution in [2.24, 2.45) is 5.10 Å². The van der Waals surface area contributed by atoms with Crippen LogP contribution in [0.1, 0.15) is 12.5 Å². The number of hydrazone groups is 1. The number of rotatable bonds is 3. The minimum Gasteiger partial charge on any atom is -0.454 e. The zero-order valence-corrected chi connectivity index (χ0v) is 15.6. The standard InChI is InChI=1S/C18H12BrN3O5/c1-10-14(18(23)21(20-10)13-4-2-3-12(19)7-13)5-11-6-16-17(27-9-26-16)8-15(11)22(24)25/h2-8H,9H2,1H3/b14-5-. The third-order valence-electron chi connectivity index (χ3n) is 4.13. The van der Waals surface area contributed by atoms with E-state index in [1.165, 1.54) is 23.2 Å². The smallest absolute Gasteiger partial charge is 0.280 e. The van der Waals surface area contributed by atoms with E-state index in [1.807, 2.05) is 6.07 Å². The van der Waals surface area contributed by atoms with E-state index in [-0.39, 0.29) is 29.5 Å². The first kappa shape index (κ1) is 17.2.